The average molecular weight is 311 g/mol. The van der Waals surface area contributed by atoms with Gasteiger partial charge in [-0.25, -0.2) is 8.42 Å². The molecule has 0 amide bonds. The molecular formula is C16H25NO3S. The predicted molar refractivity (Wildman–Crippen MR) is 83.9 cm³/mol. The molecule has 1 fully saturated rings. The van der Waals surface area contributed by atoms with E-state index in [2.05, 4.69) is 13.8 Å². The molecule has 0 radical (unpaired) electrons. The van der Waals surface area contributed by atoms with E-state index in [0.717, 1.165) is 5.56 Å². The Balaban J connectivity index is 2.36. The van der Waals surface area contributed by atoms with Crippen molar-refractivity contribution < 1.29 is 13.2 Å². The molecule has 0 bridgehead atoms. The van der Waals surface area contributed by atoms with E-state index in [0.29, 0.717) is 24.0 Å². The number of benzene rings is 1. The van der Waals surface area contributed by atoms with Crippen molar-refractivity contribution in [2.75, 3.05) is 13.2 Å². The van der Waals surface area contributed by atoms with E-state index in [9.17, 15) is 8.42 Å². The summed E-state index contributed by atoms with van der Waals surface area (Å²) in [6.07, 6.45) is -0.0808. The van der Waals surface area contributed by atoms with E-state index < -0.39 is 15.6 Å². The van der Waals surface area contributed by atoms with Gasteiger partial charge in [-0.3, -0.25) is 0 Å². The van der Waals surface area contributed by atoms with Crippen LogP contribution in [0.2, 0.25) is 0 Å². The van der Waals surface area contributed by atoms with Gasteiger partial charge in [0.2, 0.25) is 10.0 Å². The first-order valence-electron chi connectivity index (χ1n) is 7.39. The molecule has 2 rings (SSSR count). The summed E-state index contributed by atoms with van der Waals surface area (Å²) in [5.74, 6) is 0.390. The zero-order chi connectivity index (χ0) is 15.8. The van der Waals surface area contributed by atoms with Gasteiger partial charge in [0, 0.05) is 6.54 Å². The molecule has 1 aromatic carbocycles. The third-order valence-corrected chi connectivity index (χ3v) is 6.05. The Morgan fingerprint density at radius 2 is 1.81 bits per heavy atom. The fraction of sp³-hybridized carbons (Fsp3) is 0.625. The van der Waals surface area contributed by atoms with Gasteiger partial charge in [0.25, 0.3) is 0 Å². The molecule has 4 nitrogen and oxygen atoms in total. The zero-order valence-corrected chi connectivity index (χ0v) is 14.3. The summed E-state index contributed by atoms with van der Waals surface area (Å²) >= 11 is 0. The minimum atomic E-state index is -3.49. The second-order valence-corrected chi connectivity index (χ2v) is 8.56. The van der Waals surface area contributed by atoms with Gasteiger partial charge in [0.15, 0.2) is 0 Å². The lowest BCUT2D eigenvalue weighted by molar-refractivity contribution is -0.0551. The van der Waals surface area contributed by atoms with Gasteiger partial charge in [-0.1, -0.05) is 26.0 Å². The molecule has 0 aromatic heterocycles. The summed E-state index contributed by atoms with van der Waals surface area (Å²) < 4.78 is 33.0. The molecule has 0 N–H and O–H groups in total. The van der Waals surface area contributed by atoms with Crippen LogP contribution >= 0.6 is 0 Å². The maximum Gasteiger partial charge on any atom is 0.243 e. The van der Waals surface area contributed by atoms with Crippen LogP contribution in [0.15, 0.2) is 29.2 Å². The Hall–Kier alpha value is -0.910. The van der Waals surface area contributed by atoms with Crippen molar-refractivity contribution in [2.24, 2.45) is 0 Å². The Bertz CT molecular complexity index is 590. The fourth-order valence-electron chi connectivity index (χ4n) is 2.53. The van der Waals surface area contributed by atoms with Crippen molar-refractivity contribution in [2.45, 2.75) is 57.1 Å². The Morgan fingerprint density at radius 3 is 2.33 bits per heavy atom. The standard InChI is InChI=1S/C16H25NO3S/c1-12(2)14-6-8-15(9-7-14)21(18,19)17-10-13(3)20-11-16(17,4)5/h6-9,12-13H,10-11H2,1-5H3. The van der Waals surface area contributed by atoms with E-state index >= 15 is 0 Å². The van der Waals surface area contributed by atoms with E-state index in [-0.39, 0.29) is 6.10 Å². The summed E-state index contributed by atoms with van der Waals surface area (Å²) in [6.45, 7) is 10.7. The first-order chi connectivity index (χ1) is 9.64. The summed E-state index contributed by atoms with van der Waals surface area (Å²) in [5.41, 5.74) is 0.616. The highest BCUT2D eigenvalue weighted by Crippen LogP contribution is 2.29. The minimum absolute atomic E-state index is 0.0808. The van der Waals surface area contributed by atoms with Crippen LogP contribution in [0.1, 0.15) is 46.1 Å². The van der Waals surface area contributed by atoms with Crippen LogP contribution in [0, 0.1) is 0 Å². The van der Waals surface area contributed by atoms with Gasteiger partial charge in [0.1, 0.15) is 0 Å². The van der Waals surface area contributed by atoms with Crippen LogP contribution in [-0.4, -0.2) is 37.5 Å². The number of rotatable bonds is 3. The first-order valence-corrected chi connectivity index (χ1v) is 8.83. The van der Waals surface area contributed by atoms with Gasteiger partial charge in [0.05, 0.1) is 23.1 Å². The number of morpholine rings is 1. The van der Waals surface area contributed by atoms with Crippen LogP contribution in [-0.2, 0) is 14.8 Å². The normalized spacial score (nSPS) is 23.4. The van der Waals surface area contributed by atoms with Crippen LogP contribution in [0.3, 0.4) is 0 Å². The van der Waals surface area contributed by atoms with Gasteiger partial charge in [-0.2, -0.15) is 4.31 Å². The summed E-state index contributed by atoms with van der Waals surface area (Å²) in [5, 5.41) is 0. The third kappa shape index (κ3) is 3.30. The van der Waals surface area contributed by atoms with Crippen LogP contribution < -0.4 is 0 Å². The molecule has 0 aliphatic carbocycles. The molecule has 118 valence electrons. The third-order valence-electron chi connectivity index (χ3n) is 3.95. The fourth-order valence-corrected chi connectivity index (χ4v) is 4.37. The second-order valence-electron chi connectivity index (χ2n) is 6.69. The number of nitrogens with zero attached hydrogens (tertiary/aromatic N) is 1. The van der Waals surface area contributed by atoms with Crippen molar-refractivity contribution in [1.82, 2.24) is 4.31 Å². The van der Waals surface area contributed by atoms with Crippen LogP contribution in [0.25, 0.3) is 0 Å². The van der Waals surface area contributed by atoms with Crippen LogP contribution in [0.4, 0.5) is 0 Å². The highest BCUT2D eigenvalue weighted by Gasteiger charge is 2.41. The number of hydrogen-bond acceptors (Lipinski definition) is 3. The average Bonchev–Trinajstić information content (AvgIpc) is 2.41. The Labute approximate surface area is 128 Å². The molecular weight excluding hydrogens is 286 g/mol. The smallest absolute Gasteiger partial charge is 0.243 e. The van der Waals surface area contributed by atoms with Gasteiger partial charge in [-0.15, -0.1) is 0 Å². The summed E-state index contributed by atoms with van der Waals surface area (Å²) in [6, 6.07) is 7.21. The molecule has 5 heteroatoms. The first kappa shape index (κ1) is 16.5. The molecule has 1 atom stereocenters. The molecule has 1 aliphatic rings. The van der Waals surface area contributed by atoms with E-state index in [4.69, 9.17) is 4.74 Å². The van der Waals surface area contributed by atoms with Crippen molar-refractivity contribution in [3.8, 4) is 0 Å². The summed E-state index contributed by atoms with van der Waals surface area (Å²) in [7, 11) is -3.49. The van der Waals surface area contributed by atoms with Crippen molar-refractivity contribution in [1.29, 1.82) is 0 Å². The highest BCUT2D eigenvalue weighted by atomic mass is 32.2. The van der Waals surface area contributed by atoms with Crippen molar-refractivity contribution in [3.05, 3.63) is 29.8 Å². The molecule has 1 unspecified atom stereocenters. The molecule has 1 aromatic rings. The molecule has 1 heterocycles. The van der Waals surface area contributed by atoms with Gasteiger partial charge in [-0.05, 0) is 44.4 Å². The minimum Gasteiger partial charge on any atom is -0.375 e. The molecule has 0 saturated carbocycles. The zero-order valence-electron chi connectivity index (χ0n) is 13.5. The lowest BCUT2D eigenvalue weighted by Crippen LogP contribution is -2.57. The molecule has 0 spiro atoms. The van der Waals surface area contributed by atoms with Gasteiger partial charge < -0.3 is 4.74 Å². The van der Waals surface area contributed by atoms with Gasteiger partial charge >= 0.3 is 0 Å². The Morgan fingerprint density at radius 1 is 1.24 bits per heavy atom. The summed E-state index contributed by atoms with van der Waals surface area (Å²) in [4.78, 5) is 0.356. The van der Waals surface area contributed by atoms with E-state index in [1.54, 1.807) is 16.4 Å². The lowest BCUT2D eigenvalue weighted by Gasteiger charge is -2.43. The molecule has 1 aliphatic heterocycles. The topological polar surface area (TPSA) is 46.6 Å². The Kier molecular flexibility index (Phi) is 4.47. The largest absolute Gasteiger partial charge is 0.375 e. The van der Waals surface area contributed by atoms with E-state index in [1.165, 1.54) is 0 Å². The van der Waals surface area contributed by atoms with Crippen molar-refractivity contribution in [3.63, 3.8) is 0 Å². The maximum atomic E-state index is 12.9. The number of hydrogen-bond donors (Lipinski definition) is 0. The van der Waals surface area contributed by atoms with Crippen molar-refractivity contribution >= 4 is 10.0 Å². The van der Waals surface area contributed by atoms with Crippen LogP contribution in [0.5, 0.6) is 0 Å². The lowest BCUT2D eigenvalue weighted by atomic mass is 10.0. The predicted octanol–water partition coefficient (Wildman–Crippen LogP) is 3.00. The number of sulfonamides is 1. The highest BCUT2D eigenvalue weighted by molar-refractivity contribution is 7.89. The second kappa shape index (κ2) is 5.71. The molecule has 1 saturated heterocycles. The quantitative estimate of drug-likeness (QED) is 0.862. The SMILES string of the molecule is CC1CN(S(=O)(=O)c2ccc(C(C)C)cc2)C(C)(C)CO1. The monoisotopic (exact) mass is 311 g/mol. The maximum absolute atomic E-state index is 12.9. The number of ether oxygens (including phenoxy) is 1. The molecule has 21 heavy (non-hydrogen) atoms. The van der Waals surface area contributed by atoms with E-state index in [1.807, 2.05) is 32.9 Å².